The molecule has 0 saturated carbocycles. The lowest BCUT2D eigenvalue weighted by atomic mass is 10.2. The molecule has 0 unspecified atom stereocenters. The second kappa shape index (κ2) is 6.58. The summed E-state index contributed by atoms with van der Waals surface area (Å²) in [6, 6.07) is 10.0. The van der Waals surface area contributed by atoms with E-state index in [9.17, 15) is 0 Å². The Morgan fingerprint density at radius 3 is 2.91 bits per heavy atom. The molecule has 1 aliphatic rings. The molecule has 23 heavy (non-hydrogen) atoms. The van der Waals surface area contributed by atoms with Gasteiger partial charge in [-0.3, -0.25) is 0 Å². The molecule has 0 N–H and O–H groups in total. The van der Waals surface area contributed by atoms with E-state index in [2.05, 4.69) is 19.7 Å². The number of benzene rings is 1. The topological polar surface area (TPSA) is 56.7 Å². The summed E-state index contributed by atoms with van der Waals surface area (Å²) >= 11 is 1.65. The maximum absolute atomic E-state index is 5.85. The summed E-state index contributed by atoms with van der Waals surface area (Å²) < 4.78 is 8.10. The smallest absolute Gasteiger partial charge is 0.205 e. The molecule has 0 bridgehead atoms. The van der Waals surface area contributed by atoms with E-state index in [0.717, 1.165) is 41.2 Å². The average Bonchev–Trinajstić information content (AvgIpc) is 3.15. The van der Waals surface area contributed by atoms with Crippen molar-refractivity contribution in [2.45, 2.75) is 43.1 Å². The van der Waals surface area contributed by atoms with E-state index in [1.54, 1.807) is 18.0 Å². The average molecular weight is 326 g/mol. The van der Waals surface area contributed by atoms with Crippen molar-refractivity contribution in [3.05, 3.63) is 48.2 Å². The van der Waals surface area contributed by atoms with Crippen molar-refractivity contribution in [1.29, 1.82) is 0 Å². The number of thioether (sulfide) groups is 1. The first-order chi connectivity index (χ1) is 11.4. The van der Waals surface area contributed by atoms with E-state index < -0.39 is 0 Å². The maximum Gasteiger partial charge on any atom is 0.205 e. The third kappa shape index (κ3) is 3.17. The van der Waals surface area contributed by atoms with E-state index in [1.807, 2.05) is 30.3 Å². The van der Waals surface area contributed by atoms with Crippen LogP contribution in [0.5, 0.6) is 0 Å². The van der Waals surface area contributed by atoms with Gasteiger partial charge < -0.3 is 8.98 Å². The van der Waals surface area contributed by atoms with E-state index in [1.165, 1.54) is 19.3 Å². The standard InChI is InChI=1S/C17H18N4OS/c1-3-7-13(8-4-1)14-11-18-16(22-14)12-23-17-20-19-15-9-5-2-6-10-21(15)17/h1,3-4,7-8,11H,2,5-6,9-10,12H2. The number of rotatable bonds is 4. The lowest BCUT2D eigenvalue weighted by Gasteiger charge is -2.05. The molecule has 0 atom stereocenters. The molecule has 2 aromatic heterocycles. The largest absolute Gasteiger partial charge is 0.440 e. The molecule has 0 amide bonds. The number of aromatic nitrogens is 4. The Hall–Kier alpha value is -2.08. The molecule has 5 nitrogen and oxygen atoms in total. The fraction of sp³-hybridized carbons (Fsp3) is 0.353. The number of hydrogen-bond donors (Lipinski definition) is 0. The van der Waals surface area contributed by atoms with Crippen LogP contribution in [0.25, 0.3) is 11.3 Å². The molecule has 6 heteroatoms. The number of fused-ring (bicyclic) bond motifs is 1. The van der Waals surface area contributed by atoms with Crippen molar-refractivity contribution in [3.63, 3.8) is 0 Å². The molecule has 3 heterocycles. The van der Waals surface area contributed by atoms with Crippen molar-refractivity contribution < 1.29 is 4.42 Å². The molecule has 0 radical (unpaired) electrons. The second-order valence-corrected chi connectivity index (χ2v) is 6.58. The van der Waals surface area contributed by atoms with E-state index in [-0.39, 0.29) is 0 Å². The van der Waals surface area contributed by atoms with Crippen LogP contribution in [0.15, 0.2) is 46.1 Å². The Kier molecular flexibility index (Phi) is 4.15. The number of aryl methyl sites for hydroxylation is 1. The minimum Gasteiger partial charge on any atom is -0.440 e. The van der Waals surface area contributed by atoms with Crippen LogP contribution in [0, 0.1) is 0 Å². The van der Waals surface area contributed by atoms with Crippen LogP contribution in [-0.4, -0.2) is 19.7 Å². The fourth-order valence-electron chi connectivity index (χ4n) is 2.80. The third-order valence-corrected chi connectivity index (χ3v) is 4.96. The molecule has 1 aliphatic heterocycles. The highest BCUT2D eigenvalue weighted by Gasteiger charge is 2.16. The van der Waals surface area contributed by atoms with Crippen LogP contribution < -0.4 is 0 Å². The third-order valence-electron chi connectivity index (χ3n) is 4.01. The van der Waals surface area contributed by atoms with Gasteiger partial charge in [0.25, 0.3) is 0 Å². The van der Waals surface area contributed by atoms with Gasteiger partial charge in [-0.05, 0) is 12.8 Å². The highest BCUT2D eigenvalue weighted by molar-refractivity contribution is 7.98. The summed E-state index contributed by atoms with van der Waals surface area (Å²) in [5.41, 5.74) is 1.05. The maximum atomic E-state index is 5.85. The fourth-order valence-corrected chi connectivity index (χ4v) is 3.64. The summed E-state index contributed by atoms with van der Waals surface area (Å²) in [5.74, 6) is 3.31. The van der Waals surface area contributed by atoms with Crippen LogP contribution >= 0.6 is 11.8 Å². The van der Waals surface area contributed by atoms with Crippen LogP contribution in [-0.2, 0) is 18.7 Å². The van der Waals surface area contributed by atoms with Gasteiger partial charge in [-0.2, -0.15) is 0 Å². The first-order valence-corrected chi connectivity index (χ1v) is 8.94. The molecule has 0 aliphatic carbocycles. The minimum atomic E-state index is 0.672. The minimum absolute atomic E-state index is 0.672. The lowest BCUT2D eigenvalue weighted by molar-refractivity contribution is 0.529. The van der Waals surface area contributed by atoms with E-state index >= 15 is 0 Å². The summed E-state index contributed by atoms with van der Waals surface area (Å²) in [5, 5.41) is 9.62. The Morgan fingerprint density at radius 1 is 1.09 bits per heavy atom. The van der Waals surface area contributed by atoms with Crippen LogP contribution in [0.1, 0.15) is 31.0 Å². The quantitative estimate of drug-likeness (QED) is 0.679. The Labute approximate surface area is 139 Å². The van der Waals surface area contributed by atoms with Gasteiger partial charge in [-0.15, -0.1) is 10.2 Å². The molecule has 1 aromatic carbocycles. The van der Waals surface area contributed by atoms with Crippen LogP contribution in [0.2, 0.25) is 0 Å². The molecule has 0 fully saturated rings. The van der Waals surface area contributed by atoms with Gasteiger partial charge in [0.1, 0.15) is 5.82 Å². The molecule has 3 aromatic rings. The van der Waals surface area contributed by atoms with Crippen molar-refractivity contribution in [2.24, 2.45) is 0 Å². The molecular weight excluding hydrogens is 308 g/mol. The first kappa shape index (κ1) is 14.5. The SMILES string of the molecule is c1ccc(-c2cnc(CSc3nnc4n3CCCCC4)o2)cc1. The van der Waals surface area contributed by atoms with Gasteiger partial charge in [0.05, 0.1) is 11.9 Å². The molecule has 118 valence electrons. The van der Waals surface area contributed by atoms with Crippen LogP contribution in [0.4, 0.5) is 0 Å². The second-order valence-electron chi connectivity index (χ2n) is 5.63. The molecular formula is C17H18N4OS. The van der Waals surface area contributed by atoms with Crippen molar-refractivity contribution in [3.8, 4) is 11.3 Å². The van der Waals surface area contributed by atoms with Gasteiger partial charge in [0.2, 0.25) is 5.89 Å². The van der Waals surface area contributed by atoms with Crippen molar-refractivity contribution >= 4 is 11.8 Å². The summed E-state index contributed by atoms with van der Waals surface area (Å²) in [6.07, 6.45) is 6.51. The van der Waals surface area contributed by atoms with Crippen molar-refractivity contribution in [1.82, 2.24) is 19.7 Å². The summed E-state index contributed by atoms with van der Waals surface area (Å²) in [7, 11) is 0. The first-order valence-electron chi connectivity index (χ1n) is 7.95. The highest BCUT2D eigenvalue weighted by Crippen LogP contribution is 2.26. The zero-order valence-electron chi connectivity index (χ0n) is 12.8. The van der Waals surface area contributed by atoms with Gasteiger partial charge >= 0.3 is 0 Å². The van der Waals surface area contributed by atoms with Crippen LogP contribution in [0.3, 0.4) is 0 Å². The monoisotopic (exact) mass is 326 g/mol. The summed E-state index contributed by atoms with van der Waals surface area (Å²) in [6.45, 7) is 1.02. The normalized spacial score (nSPS) is 14.4. The Balaban J connectivity index is 1.46. The van der Waals surface area contributed by atoms with Gasteiger partial charge in [0, 0.05) is 18.5 Å². The van der Waals surface area contributed by atoms with Gasteiger partial charge in [-0.25, -0.2) is 4.98 Å². The lowest BCUT2D eigenvalue weighted by Crippen LogP contribution is -2.02. The number of oxazole rings is 1. The predicted molar refractivity (Wildman–Crippen MR) is 89.1 cm³/mol. The molecule has 4 rings (SSSR count). The zero-order chi connectivity index (χ0) is 15.5. The molecule has 0 saturated heterocycles. The van der Waals surface area contributed by atoms with E-state index in [0.29, 0.717) is 5.75 Å². The summed E-state index contributed by atoms with van der Waals surface area (Å²) in [4.78, 5) is 4.38. The number of hydrogen-bond acceptors (Lipinski definition) is 5. The Bertz CT molecular complexity index is 781. The van der Waals surface area contributed by atoms with Gasteiger partial charge in [-0.1, -0.05) is 48.5 Å². The van der Waals surface area contributed by atoms with E-state index in [4.69, 9.17) is 4.42 Å². The predicted octanol–water partition coefficient (Wildman–Crippen LogP) is 3.95. The van der Waals surface area contributed by atoms with Crippen molar-refractivity contribution in [2.75, 3.05) is 0 Å². The zero-order valence-corrected chi connectivity index (χ0v) is 13.6. The Morgan fingerprint density at radius 2 is 2.00 bits per heavy atom. The number of nitrogens with zero attached hydrogens (tertiary/aromatic N) is 4. The van der Waals surface area contributed by atoms with Gasteiger partial charge in [0.15, 0.2) is 10.9 Å². The molecule has 0 spiro atoms. The highest BCUT2D eigenvalue weighted by atomic mass is 32.2.